The van der Waals surface area contributed by atoms with Crippen LogP contribution in [0.15, 0.2) is 48.5 Å². The van der Waals surface area contributed by atoms with Gasteiger partial charge in [-0.15, -0.1) is 0 Å². The van der Waals surface area contributed by atoms with Crippen LogP contribution >= 0.6 is 0 Å². The van der Waals surface area contributed by atoms with Crippen LogP contribution in [0.5, 0.6) is 5.75 Å². The molecule has 4 nitrogen and oxygen atoms in total. The predicted molar refractivity (Wildman–Crippen MR) is 101 cm³/mol. The van der Waals surface area contributed by atoms with Crippen LogP contribution in [0.1, 0.15) is 23.2 Å². The minimum absolute atomic E-state index is 0.670. The highest BCUT2D eigenvalue weighted by Crippen LogP contribution is 2.30. The van der Waals surface area contributed by atoms with E-state index in [1.165, 1.54) is 18.5 Å². The van der Waals surface area contributed by atoms with Crippen molar-refractivity contribution in [3.05, 3.63) is 54.1 Å². The molecule has 3 aromatic rings. The first kappa shape index (κ1) is 15.6. The molecule has 1 aliphatic rings. The van der Waals surface area contributed by atoms with Crippen molar-refractivity contribution in [3.63, 3.8) is 0 Å². The summed E-state index contributed by atoms with van der Waals surface area (Å²) in [5, 5.41) is 0.908. The first-order valence-corrected chi connectivity index (χ1v) is 8.58. The number of aldehydes is 1. The zero-order valence-corrected chi connectivity index (χ0v) is 14.2. The van der Waals surface area contributed by atoms with Crippen LogP contribution in [0.2, 0.25) is 0 Å². The quantitative estimate of drug-likeness (QED) is 0.667. The molecule has 0 spiro atoms. The van der Waals surface area contributed by atoms with Gasteiger partial charge in [-0.1, -0.05) is 12.1 Å². The second-order valence-corrected chi connectivity index (χ2v) is 6.34. The molecule has 0 bridgehead atoms. The van der Waals surface area contributed by atoms with Crippen molar-refractivity contribution in [2.75, 3.05) is 25.1 Å². The maximum atomic E-state index is 11.7. The molecule has 0 aliphatic carbocycles. The third-order valence-electron chi connectivity index (χ3n) is 4.79. The van der Waals surface area contributed by atoms with Gasteiger partial charge < -0.3 is 9.64 Å². The van der Waals surface area contributed by atoms with Crippen molar-refractivity contribution in [1.82, 2.24) is 4.98 Å². The fraction of sp³-hybridized carbons (Fsp3) is 0.238. The van der Waals surface area contributed by atoms with Crippen LogP contribution in [0.25, 0.3) is 22.2 Å². The van der Waals surface area contributed by atoms with Crippen LogP contribution in [0.4, 0.5) is 5.69 Å². The summed E-state index contributed by atoms with van der Waals surface area (Å²) in [4.78, 5) is 18.8. The minimum Gasteiger partial charge on any atom is -0.497 e. The van der Waals surface area contributed by atoms with Gasteiger partial charge in [0.1, 0.15) is 5.75 Å². The summed E-state index contributed by atoms with van der Waals surface area (Å²) in [6.07, 6.45) is 3.37. The van der Waals surface area contributed by atoms with Gasteiger partial charge in [-0.05, 0) is 49.2 Å². The second-order valence-electron chi connectivity index (χ2n) is 6.34. The molecule has 0 N–H and O–H groups in total. The molecule has 4 heteroatoms. The summed E-state index contributed by atoms with van der Waals surface area (Å²) in [5.74, 6) is 0.774. The van der Waals surface area contributed by atoms with Gasteiger partial charge in [0.25, 0.3) is 0 Å². The van der Waals surface area contributed by atoms with Gasteiger partial charge in [0.2, 0.25) is 0 Å². The van der Waals surface area contributed by atoms with Crippen LogP contribution < -0.4 is 9.64 Å². The molecule has 126 valence electrons. The molecule has 1 saturated heterocycles. The van der Waals surface area contributed by atoms with E-state index in [0.29, 0.717) is 5.56 Å². The molecule has 0 unspecified atom stereocenters. The van der Waals surface area contributed by atoms with E-state index in [0.717, 1.165) is 47.3 Å². The maximum Gasteiger partial charge on any atom is 0.150 e. The average Bonchev–Trinajstić information content (AvgIpc) is 3.21. The molecule has 0 atom stereocenters. The lowest BCUT2D eigenvalue weighted by atomic mass is 10.0. The van der Waals surface area contributed by atoms with Gasteiger partial charge in [0, 0.05) is 35.3 Å². The van der Waals surface area contributed by atoms with E-state index < -0.39 is 0 Å². The highest BCUT2D eigenvalue weighted by Gasteiger charge is 2.14. The lowest BCUT2D eigenvalue weighted by molar-refractivity contribution is 0.112. The maximum absolute atomic E-state index is 11.7. The minimum atomic E-state index is 0.670. The van der Waals surface area contributed by atoms with E-state index in [4.69, 9.17) is 9.72 Å². The molecule has 4 rings (SSSR count). The zero-order chi connectivity index (χ0) is 17.2. The summed E-state index contributed by atoms with van der Waals surface area (Å²) in [5.41, 5.74) is 4.40. The average molecular weight is 332 g/mol. The van der Waals surface area contributed by atoms with Gasteiger partial charge in [-0.25, -0.2) is 4.98 Å². The Kier molecular flexibility index (Phi) is 4.10. The Bertz CT molecular complexity index is 930. The smallest absolute Gasteiger partial charge is 0.150 e. The van der Waals surface area contributed by atoms with Gasteiger partial charge >= 0.3 is 0 Å². The number of pyridine rings is 1. The normalized spacial score (nSPS) is 14.0. The number of anilines is 1. The largest absolute Gasteiger partial charge is 0.497 e. The number of fused-ring (bicyclic) bond motifs is 1. The molecule has 0 amide bonds. The van der Waals surface area contributed by atoms with E-state index in [2.05, 4.69) is 17.0 Å². The Morgan fingerprint density at radius 1 is 1.08 bits per heavy atom. The third kappa shape index (κ3) is 2.95. The van der Waals surface area contributed by atoms with Crippen LogP contribution in [0.3, 0.4) is 0 Å². The van der Waals surface area contributed by atoms with Gasteiger partial charge in [0.15, 0.2) is 6.29 Å². The topological polar surface area (TPSA) is 42.4 Å². The molecular weight excluding hydrogens is 312 g/mol. The van der Waals surface area contributed by atoms with E-state index >= 15 is 0 Å². The molecule has 2 aromatic carbocycles. The van der Waals surface area contributed by atoms with Crippen LogP contribution in [-0.2, 0) is 0 Å². The van der Waals surface area contributed by atoms with Crippen molar-refractivity contribution in [3.8, 4) is 17.0 Å². The number of nitrogens with zero attached hydrogens (tertiary/aromatic N) is 2. The number of benzene rings is 2. The molecule has 0 saturated carbocycles. The second kappa shape index (κ2) is 6.55. The number of ether oxygens (including phenoxy) is 1. The van der Waals surface area contributed by atoms with Crippen LogP contribution in [-0.4, -0.2) is 31.5 Å². The van der Waals surface area contributed by atoms with E-state index in [-0.39, 0.29) is 0 Å². The van der Waals surface area contributed by atoms with E-state index in [1.54, 1.807) is 7.11 Å². The monoisotopic (exact) mass is 332 g/mol. The standard InChI is InChI=1S/C21H20N2O2/c1-25-18-6-4-5-15(11-18)21-12-16(14-24)19-13-17(7-8-20(19)22-21)23-9-2-3-10-23/h4-8,11-14H,2-3,9-10H2,1H3. The van der Waals surface area contributed by atoms with Crippen molar-refractivity contribution >= 4 is 22.9 Å². The summed E-state index contributed by atoms with van der Waals surface area (Å²) in [6, 6.07) is 15.8. The highest BCUT2D eigenvalue weighted by atomic mass is 16.5. The Hall–Kier alpha value is -2.88. The Balaban J connectivity index is 1.82. The summed E-state index contributed by atoms with van der Waals surface area (Å²) in [7, 11) is 1.64. The number of aromatic nitrogens is 1. The number of hydrogen-bond acceptors (Lipinski definition) is 4. The van der Waals surface area contributed by atoms with Gasteiger partial charge in [0.05, 0.1) is 18.3 Å². The zero-order valence-electron chi connectivity index (χ0n) is 14.2. The van der Waals surface area contributed by atoms with Crippen molar-refractivity contribution in [1.29, 1.82) is 0 Å². The molecule has 1 aromatic heterocycles. The summed E-state index contributed by atoms with van der Waals surface area (Å²) >= 11 is 0. The first-order valence-electron chi connectivity index (χ1n) is 8.58. The molecule has 1 aliphatic heterocycles. The summed E-state index contributed by atoms with van der Waals surface area (Å²) in [6.45, 7) is 2.16. The molecule has 2 heterocycles. The number of carbonyl (C=O) groups excluding carboxylic acids is 1. The number of methoxy groups -OCH3 is 1. The number of rotatable bonds is 4. The van der Waals surface area contributed by atoms with Gasteiger partial charge in [-0.2, -0.15) is 0 Å². The SMILES string of the molecule is COc1cccc(-c2cc(C=O)c3cc(N4CCCC4)ccc3n2)c1. The van der Waals surface area contributed by atoms with Crippen molar-refractivity contribution in [2.45, 2.75) is 12.8 Å². The molecule has 1 fully saturated rings. The number of carbonyl (C=O) groups is 1. The van der Waals surface area contributed by atoms with Crippen molar-refractivity contribution in [2.24, 2.45) is 0 Å². The lowest BCUT2D eigenvalue weighted by Crippen LogP contribution is -2.17. The summed E-state index contributed by atoms with van der Waals surface area (Å²) < 4.78 is 5.29. The van der Waals surface area contributed by atoms with E-state index in [1.807, 2.05) is 36.4 Å². The molecule has 0 radical (unpaired) electrons. The van der Waals surface area contributed by atoms with Crippen molar-refractivity contribution < 1.29 is 9.53 Å². The Morgan fingerprint density at radius 2 is 1.92 bits per heavy atom. The molecular formula is C21H20N2O2. The first-order chi connectivity index (χ1) is 12.3. The number of hydrogen-bond donors (Lipinski definition) is 0. The Labute approximate surface area is 147 Å². The Morgan fingerprint density at radius 3 is 2.68 bits per heavy atom. The van der Waals surface area contributed by atoms with Crippen LogP contribution in [0, 0.1) is 0 Å². The fourth-order valence-corrected chi connectivity index (χ4v) is 3.44. The fourth-order valence-electron chi connectivity index (χ4n) is 3.44. The molecule has 25 heavy (non-hydrogen) atoms. The lowest BCUT2D eigenvalue weighted by Gasteiger charge is -2.18. The van der Waals surface area contributed by atoms with Gasteiger partial charge in [-0.3, -0.25) is 4.79 Å². The highest BCUT2D eigenvalue weighted by molar-refractivity contribution is 5.99. The predicted octanol–water partition coefficient (Wildman–Crippen LogP) is 4.32. The third-order valence-corrected chi connectivity index (χ3v) is 4.79. The van der Waals surface area contributed by atoms with E-state index in [9.17, 15) is 4.79 Å².